The van der Waals surface area contributed by atoms with Gasteiger partial charge in [-0.25, -0.2) is 0 Å². The number of furan rings is 1. The molecule has 96 valence electrons. The van der Waals surface area contributed by atoms with E-state index in [0.29, 0.717) is 0 Å². The van der Waals surface area contributed by atoms with Crippen LogP contribution >= 0.6 is 0 Å². The Bertz CT molecular complexity index is 602. The van der Waals surface area contributed by atoms with Gasteiger partial charge in [-0.05, 0) is 36.2 Å². The van der Waals surface area contributed by atoms with Crippen molar-refractivity contribution in [1.29, 1.82) is 0 Å². The van der Waals surface area contributed by atoms with E-state index in [4.69, 9.17) is 4.42 Å². The number of fused-ring (bicyclic) bond motifs is 2. The normalized spacial score (nSPS) is 13.5. The monoisotopic (exact) mass is 251 g/mol. The lowest BCUT2D eigenvalue weighted by atomic mass is 10.0. The smallest absolute Gasteiger partial charge is 0.133 e. The minimum Gasteiger partial charge on any atom is -0.464 e. The van der Waals surface area contributed by atoms with Crippen molar-refractivity contribution in [3.05, 3.63) is 72.0 Å². The molecule has 2 heteroatoms. The fourth-order valence-electron chi connectivity index (χ4n) is 2.33. The van der Waals surface area contributed by atoms with Crippen molar-refractivity contribution in [2.75, 3.05) is 6.54 Å². The first-order valence-electron chi connectivity index (χ1n) is 6.63. The van der Waals surface area contributed by atoms with Crippen LogP contribution in [0.5, 0.6) is 0 Å². The van der Waals surface area contributed by atoms with Crippen LogP contribution in [0.25, 0.3) is 11.0 Å². The van der Waals surface area contributed by atoms with Crippen LogP contribution in [0.3, 0.4) is 0 Å². The van der Waals surface area contributed by atoms with Gasteiger partial charge in [0.1, 0.15) is 5.58 Å². The molecule has 19 heavy (non-hydrogen) atoms. The third kappa shape index (κ3) is 2.85. The van der Waals surface area contributed by atoms with Crippen molar-refractivity contribution in [2.45, 2.75) is 13.0 Å². The van der Waals surface area contributed by atoms with Crippen LogP contribution in [0.2, 0.25) is 0 Å². The Morgan fingerprint density at radius 2 is 1.63 bits per heavy atom. The summed E-state index contributed by atoms with van der Waals surface area (Å²) in [5.74, 6) is 0. The predicted molar refractivity (Wildman–Crippen MR) is 78.1 cm³/mol. The molecule has 1 aliphatic heterocycles. The molecule has 1 N–H and O–H groups in total. The van der Waals surface area contributed by atoms with Gasteiger partial charge < -0.3 is 9.73 Å². The van der Waals surface area contributed by atoms with Crippen LogP contribution in [0.1, 0.15) is 11.1 Å². The van der Waals surface area contributed by atoms with E-state index in [1.54, 1.807) is 6.26 Å². The zero-order valence-electron chi connectivity index (χ0n) is 10.8. The van der Waals surface area contributed by atoms with Gasteiger partial charge in [-0.3, -0.25) is 0 Å². The fraction of sp³-hybridized carbons (Fsp3) is 0.176. The molecule has 4 rings (SSSR count). The van der Waals surface area contributed by atoms with E-state index in [-0.39, 0.29) is 0 Å². The van der Waals surface area contributed by atoms with E-state index < -0.39 is 0 Å². The summed E-state index contributed by atoms with van der Waals surface area (Å²) in [5.41, 5.74) is 3.94. The molecule has 2 nitrogen and oxygen atoms in total. The molecular weight excluding hydrogens is 234 g/mol. The third-order valence-corrected chi connectivity index (χ3v) is 3.37. The van der Waals surface area contributed by atoms with E-state index in [1.165, 1.54) is 17.5 Å². The molecule has 3 aromatic rings. The molecule has 0 aliphatic carbocycles. The van der Waals surface area contributed by atoms with E-state index >= 15 is 0 Å². The molecule has 0 unspecified atom stereocenters. The highest BCUT2D eigenvalue weighted by Crippen LogP contribution is 2.13. The van der Waals surface area contributed by atoms with E-state index in [1.807, 2.05) is 30.3 Å². The summed E-state index contributed by atoms with van der Waals surface area (Å²) in [7, 11) is 0. The predicted octanol–water partition coefficient (Wildman–Crippen LogP) is 3.77. The van der Waals surface area contributed by atoms with Crippen LogP contribution in [0.15, 0.2) is 65.3 Å². The summed E-state index contributed by atoms with van der Waals surface area (Å²) in [6.45, 7) is 2.19. The lowest BCUT2D eigenvalue weighted by molar-refractivity contribution is 0.616. The fourth-order valence-corrected chi connectivity index (χ4v) is 2.33. The van der Waals surface area contributed by atoms with E-state index in [9.17, 15) is 0 Å². The van der Waals surface area contributed by atoms with Gasteiger partial charge in [0, 0.05) is 11.9 Å². The van der Waals surface area contributed by atoms with Gasteiger partial charge in [-0.15, -0.1) is 0 Å². The molecule has 2 aromatic carbocycles. The second kappa shape index (κ2) is 5.72. The highest BCUT2D eigenvalue weighted by molar-refractivity contribution is 5.76. The average molecular weight is 251 g/mol. The van der Waals surface area contributed by atoms with Crippen molar-refractivity contribution < 1.29 is 4.42 Å². The van der Waals surface area contributed by atoms with Crippen LogP contribution in [0, 0.1) is 0 Å². The third-order valence-electron chi connectivity index (χ3n) is 3.37. The van der Waals surface area contributed by atoms with Crippen LogP contribution in [-0.2, 0) is 13.0 Å². The summed E-state index contributed by atoms with van der Waals surface area (Å²) >= 11 is 0. The van der Waals surface area contributed by atoms with Crippen LogP contribution < -0.4 is 5.32 Å². The minimum absolute atomic E-state index is 0.956. The maximum Gasteiger partial charge on any atom is 0.133 e. The number of benzene rings is 2. The first-order valence-corrected chi connectivity index (χ1v) is 6.63. The lowest BCUT2D eigenvalue weighted by Gasteiger charge is -2.15. The van der Waals surface area contributed by atoms with Crippen molar-refractivity contribution >= 4 is 11.0 Å². The van der Waals surface area contributed by atoms with Gasteiger partial charge >= 0.3 is 0 Å². The highest BCUT2D eigenvalue weighted by atomic mass is 16.3. The van der Waals surface area contributed by atoms with Gasteiger partial charge in [-0.2, -0.15) is 0 Å². The molecule has 0 spiro atoms. The molecule has 0 fully saturated rings. The van der Waals surface area contributed by atoms with Crippen molar-refractivity contribution in [3.8, 4) is 0 Å². The Labute approximate surface area is 113 Å². The van der Waals surface area contributed by atoms with E-state index in [2.05, 4.69) is 29.6 Å². The maximum atomic E-state index is 5.12. The van der Waals surface area contributed by atoms with Crippen molar-refractivity contribution in [3.63, 3.8) is 0 Å². The van der Waals surface area contributed by atoms with Crippen LogP contribution in [-0.4, -0.2) is 6.54 Å². The van der Waals surface area contributed by atoms with Gasteiger partial charge in [-0.1, -0.05) is 42.5 Å². The topological polar surface area (TPSA) is 25.2 Å². The van der Waals surface area contributed by atoms with E-state index in [0.717, 1.165) is 24.1 Å². The Morgan fingerprint density at radius 3 is 2.47 bits per heavy atom. The zero-order valence-corrected chi connectivity index (χ0v) is 10.8. The number of nitrogens with one attached hydrogen (secondary N) is 1. The first-order chi connectivity index (χ1) is 9.43. The molecule has 0 radical (unpaired) electrons. The van der Waals surface area contributed by atoms with Gasteiger partial charge in [0.15, 0.2) is 0 Å². The summed E-state index contributed by atoms with van der Waals surface area (Å²) in [5, 5.41) is 4.51. The molecule has 0 saturated carbocycles. The highest BCUT2D eigenvalue weighted by Gasteiger charge is 2.05. The maximum absolute atomic E-state index is 5.12. The Kier molecular flexibility index (Phi) is 3.61. The lowest BCUT2D eigenvalue weighted by Crippen LogP contribution is -2.23. The molecule has 0 saturated heterocycles. The molecule has 2 heterocycles. The Hall–Kier alpha value is -2.06. The van der Waals surface area contributed by atoms with Gasteiger partial charge in [0.05, 0.1) is 6.26 Å². The number of para-hydroxylation sites is 1. The second-order valence-corrected chi connectivity index (χ2v) is 4.65. The Morgan fingerprint density at radius 1 is 0.842 bits per heavy atom. The molecular formula is C17H17NO. The number of hydrogen-bond acceptors (Lipinski definition) is 2. The molecule has 1 aromatic heterocycles. The number of rotatable bonds is 0. The van der Waals surface area contributed by atoms with Gasteiger partial charge in [0.25, 0.3) is 0 Å². The zero-order chi connectivity index (χ0) is 12.9. The Balaban J connectivity index is 0.000000117. The van der Waals surface area contributed by atoms with Crippen molar-refractivity contribution in [2.24, 2.45) is 0 Å². The molecule has 0 amide bonds. The second-order valence-electron chi connectivity index (χ2n) is 4.65. The number of hydrogen-bond donors (Lipinski definition) is 1. The summed E-state index contributed by atoms with van der Waals surface area (Å²) in [4.78, 5) is 0. The average Bonchev–Trinajstić information content (AvgIpc) is 2.96. The largest absolute Gasteiger partial charge is 0.464 e. The minimum atomic E-state index is 0.956. The quantitative estimate of drug-likeness (QED) is 0.658. The van der Waals surface area contributed by atoms with Crippen molar-refractivity contribution in [1.82, 2.24) is 5.32 Å². The summed E-state index contributed by atoms with van der Waals surface area (Å²) < 4.78 is 5.12. The van der Waals surface area contributed by atoms with Gasteiger partial charge in [0.2, 0.25) is 0 Å². The first kappa shape index (κ1) is 12.0. The SMILES string of the molecule is c1ccc2c(c1)CCNC2.c1ccc2occc2c1. The molecule has 0 atom stereocenters. The molecule has 1 aliphatic rings. The summed E-state index contributed by atoms with van der Waals surface area (Å²) in [6.07, 6.45) is 2.89. The summed E-state index contributed by atoms with van der Waals surface area (Å²) in [6, 6.07) is 18.5. The molecule has 0 bridgehead atoms. The standard InChI is InChI=1S/C9H11N.C8H6O/c1-2-4-9-7-10-6-5-8(9)3-1;1-2-4-8-7(3-1)5-6-9-8/h1-4,10H,5-7H2;1-6H. The van der Waals surface area contributed by atoms with Crippen LogP contribution in [0.4, 0.5) is 0 Å².